The largest absolute Gasteiger partial charge is 0.341 e. The predicted octanol–water partition coefficient (Wildman–Crippen LogP) is 3.75. The smallest absolute Gasteiger partial charge is 0.241 e. The Morgan fingerprint density at radius 1 is 0.969 bits per heavy atom. The molecular formula is C25H28N6O. The minimum Gasteiger partial charge on any atom is -0.341 e. The molecule has 4 aromatic rings. The Balaban J connectivity index is 1.29. The Morgan fingerprint density at radius 3 is 2.44 bits per heavy atom. The van der Waals surface area contributed by atoms with Crippen molar-refractivity contribution in [1.82, 2.24) is 19.4 Å². The van der Waals surface area contributed by atoms with Crippen LogP contribution in [0.2, 0.25) is 0 Å². The van der Waals surface area contributed by atoms with Gasteiger partial charge in [-0.3, -0.25) is 9.69 Å². The molecule has 7 heteroatoms. The molecular weight excluding hydrogens is 400 g/mol. The number of rotatable bonds is 5. The number of piperazine rings is 1. The van der Waals surface area contributed by atoms with E-state index in [0.717, 1.165) is 44.4 Å². The van der Waals surface area contributed by atoms with Crippen molar-refractivity contribution >= 4 is 39.3 Å². The molecule has 3 heterocycles. The molecule has 1 N–H and O–H groups in total. The number of aromatic nitrogens is 3. The highest BCUT2D eigenvalue weighted by molar-refractivity contribution is 6.10. The van der Waals surface area contributed by atoms with Crippen LogP contribution in [0, 0.1) is 0 Å². The van der Waals surface area contributed by atoms with Crippen molar-refractivity contribution in [2.75, 3.05) is 36.4 Å². The summed E-state index contributed by atoms with van der Waals surface area (Å²) in [6.45, 7) is 8.27. The summed E-state index contributed by atoms with van der Waals surface area (Å²) in [5, 5.41) is 5.52. The van der Waals surface area contributed by atoms with Crippen LogP contribution in [0.15, 0.2) is 60.9 Å². The van der Waals surface area contributed by atoms with E-state index in [9.17, 15) is 4.79 Å². The SMILES string of the molecule is CCn1c2ccccc2c2cc(NC(=O)C(C)N3CCN(c4ncccn4)CC3)ccc21. The summed E-state index contributed by atoms with van der Waals surface area (Å²) in [4.78, 5) is 26.1. The van der Waals surface area contributed by atoms with E-state index >= 15 is 0 Å². The molecule has 0 spiro atoms. The molecule has 2 aromatic carbocycles. The van der Waals surface area contributed by atoms with Gasteiger partial charge in [-0.2, -0.15) is 0 Å². The summed E-state index contributed by atoms with van der Waals surface area (Å²) in [6.07, 6.45) is 3.53. The molecule has 1 unspecified atom stereocenters. The van der Waals surface area contributed by atoms with Crippen molar-refractivity contribution < 1.29 is 4.79 Å². The molecule has 5 rings (SSSR count). The van der Waals surface area contributed by atoms with Crippen LogP contribution in [-0.4, -0.2) is 57.6 Å². The zero-order valence-electron chi connectivity index (χ0n) is 18.5. The number of nitrogens with zero attached hydrogens (tertiary/aromatic N) is 5. The molecule has 164 valence electrons. The maximum atomic E-state index is 13.0. The second kappa shape index (κ2) is 8.59. The number of anilines is 2. The van der Waals surface area contributed by atoms with Crippen LogP contribution < -0.4 is 10.2 Å². The topological polar surface area (TPSA) is 66.3 Å². The van der Waals surface area contributed by atoms with Crippen LogP contribution in [0.25, 0.3) is 21.8 Å². The van der Waals surface area contributed by atoms with Crippen molar-refractivity contribution in [3.05, 3.63) is 60.9 Å². The average molecular weight is 429 g/mol. The van der Waals surface area contributed by atoms with Crippen LogP contribution >= 0.6 is 0 Å². The first kappa shape index (κ1) is 20.5. The highest BCUT2D eigenvalue weighted by Crippen LogP contribution is 2.31. The molecule has 1 saturated heterocycles. The number of carbonyl (C=O) groups is 1. The first-order chi connectivity index (χ1) is 15.7. The van der Waals surface area contributed by atoms with Gasteiger partial charge in [0, 0.05) is 72.6 Å². The Morgan fingerprint density at radius 2 is 1.69 bits per heavy atom. The lowest BCUT2D eigenvalue weighted by Gasteiger charge is -2.37. The number of nitrogens with one attached hydrogen (secondary N) is 1. The van der Waals surface area contributed by atoms with Gasteiger partial charge in [0.2, 0.25) is 11.9 Å². The van der Waals surface area contributed by atoms with E-state index in [1.54, 1.807) is 12.4 Å². The van der Waals surface area contributed by atoms with Crippen molar-refractivity contribution in [2.24, 2.45) is 0 Å². The average Bonchev–Trinajstić information content (AvgIpc) is 3.17. The predicted molar refractivity (Wildman–Crippen MR) is 129 cm³/mol. The zero-order chi connectivity index (χ0) is 22.1. The summed E-state index contributed by atoms with van der Waals surface area (Å²) in [6, 6.07) is 16.3. The number of hydrogen-bond acceptors (Lipinski definition) is 5. The van der Waals surface area contributed by atoms with E-state index in [4.69, 9.17) is 0 Å². The molecule has 0 bridgehead atoms. The molecule has 0 saturated carbocycles. The molecule has 7 nitrogen and oxygen atoms in total. The highest BCUT2D eigenvalue weighted by Gasteiger charge is 2.26. The summed E-state index contributed by atoms with van der Waals surface area (Å²) in [5.41, 5.74) is 3.26. The fraction of sp³-hybridized carbons (Fsp3) is 0.320. The first-order valence-electron chi connectivity index (χ1n) is 11.2. The molecule has 1 aliphatic rings. The van der Waals surface area contributed by atoms with Crippen LogP contribution in [0.3, 0.4) is 0 Å². The molecule has 0 radical (unpaired) electrons. The van der Waals surface area contributed by atoms with E-state index in [0.29, 0.717) is 0 Å². The monoisotopic (exact) mass is 428 g/mol. The van der Waals surface area contributed by atoms with Gasteiger partial charge in [-0.1, -0.05) is 18.2 Å². The Kier molecular flexibility index (Phi) is 5.49. The second-order valence-corrected chi connectivity index (χ2v) is 8.23. The van der Waals surface area contributed by atoms with Crippen molar-refractivity contribution in [3.63, 3.8) is 0 Å². The van der Waals surface area contributed by atoms with E-state index in [1.165, 1.54) is 21.8 Å². The van der Waals surface area contributed by atoms with E-state index in [2.05, 4.69) is 73.0 Å². The third-order valence-electron chi connectivity index (χ3n) is 6.43. The lowest BCUT2D eigenvalue weighted by Crippen LogP contribution is -2.53. The van der Waals surface area contributed by atoms with E-state index in [1.807, 2.05) is 19.1 Å². The van der Waals surface area contributed by atoms with Crippen molar-refractivity contribution in [3.8, 4) is 0 Å². The second-order valence-electron chi connectivity index (χ2n) is 8.23. The maximum Gasteiger partial charge on any atom is 0.241 e. The van der Waals surface area contributed by atoms with E-state index < -0.39 is 0 Å². The van der Waals surface area contributed by atoms with Crippen molar-refractivity contribution in [2.45, 2.75) is 26.4 Å². The quantitative estimate of drug-likeness (QED) is 0.524. The standard InChI is InChI=1S/C25H28N6O/c1-3-31-22-8-5-4-7-20(22)21-17-19(9-10-23(21)31)28-24(32)18(2)29-13-15-30(16-14-29)25-26-11-6-12-27-25/h4-12,17-18H,3,13-16H2,1-2H3,(H,28,32). The van der Waals surface area contributed by atoms with Gasteiger partial charge in [-0.05, 0) is 44.2 Å². The number of aryl methyl sites for hydroxylation is 1. The number of benzene rings is 2. The summed E-state index contributed by atoms with van der Waals surface area (Å²) in [7, 11) is 0. The lowest BCUT2D eigenvalue weighted by molar-refractivity contribution is -0.120. The maximum absolute atomic E-state index is 13.0. The Bertz CT molecular complexity index is 1240. The normalized spacial score (nSPS) is 15.9. The zero-order valence-corrected chi connectivity index (χ0v) is 18.5. The molecule has 1 amide bonds. The molecule has 1 atom stereocenters. The molecule has 1 aliphatic heterocycles. The lowest BCUT2D eigenvalue weighted by atomic mass is 10.1. The van der Waals surface area contributed by atoms with Crippen LogP contribution in [0.1, 0.15) is 13.8 Å². The van der Waals surface area contributed by atoms with Crippen molar-refractivity contribution in [1.29, 1.82) is 0 Å². The van der Waals surface area contributed by atoms with Gasteiger partial charge >= 0.3 is 0 Å². The van der Waals surface area contributed by atoms with Gasteiger partial charge in [0.1, 0.15) is 0 Å². The number of carbonyl (C=O) groups excluding carboxylic acids is 1. The third-order valence-corrected chi connectivity index (χ3v) is 6.43. The summed E-state index contributed by atoms with van der Waals surface area (Å²) >= 11 is 0. The van der Waals surface area contributed by atoms with Crippen LogP contribution in [0.5, 0.6) is 0 Å². The van der Waals surface area contributed by atoms with Gasteiger partial charge in [0.25, 0.3) is 0 Å². The number of amides is 1. The fourth-order valence-electron chi connectivity index (χ4n) is 4.65. The number of para-hydroxylation sites is 1. The number of hydrogen-bond donors (Lipinski definition) is 1. The summed E-state index contributed by atoms with van der Waals surface area (Å²) < 4.78 is 2.31. The first-order valence-corrected chi connectivity index (χ1v) is 11.2. The highest BCUT2D eigenvalue weighted by atomic mass is 16.2. The summed E-state index contributed by atoms with van der Waals surface area (Å²) in [5.74, 6) is 0.775. The molecule has 32 heavy (non-hydrogen) atoms. The minimum atomic E-state index is -0.207. The van der Waals surface area contributed by atoms with Gasteiger partial charge in [0.05, 0.1) is 6.04 Å². The number of fused-ring (bicyclic) bond motifs is 3. The van der Waals surface area contributed by atoms with Gasteiger partial charge in [-0.15, -0.1) is 0 Å². The van der Waals surface area contributed by atoms with Gasteiger partial charge in [0.15, 0.2) is 0 Å². The van der Waals surface area contributed by atoms with Crippen LogP contribution in [0.4, 0.5) is 11.6 Å². The Labute approximate surface area is 187 Å². The van der Waals surface area contributed by atoms with Gasteiger partial charge < -0.3 is 14.8 Å². The third kappa shape index (κ3) is 3.69. The molecule has 2 aromatic heterocycles. The fourth-order valence-corrected chi connectivity index (χ4v) is 4.65. The van der Waals surface area contributed by atoms with E-state index in [-0.39, 0.29) is 11.9 Å². The van der Waals surface area contributed by atoms with Crippen LogP contribution in [-0.2, 0) is 11.3 Å². The molecule has 0 aliphatic carbocycles. The Hall–Kier alpha value is -3.45. The molecule has 1 fully saturated rings. The van der Waals surface area contributed by atoms with Gasteiger partial charge in [-0.25, -0.2) is 9.97 Å². The minimum absolute atomic E-state index is 0.0213.